The van der Waals surface area contributed by atoms with Crippen molar-refractivity contribution in [3.8, 4) is 5.75 Å². The number of carbonyl (C=O) groups is 2. The van der Waals surface area contributed by atoms with E-state index in [2.05, 4.69) is 6.07 Å². The highest BCUT2D eigenvalue weighted by atomic mass is 16.5. The molecule has 0 heterocycles. The highest BCUT2D eigenvalue weighted by Gasteiger charge is 2.27. The highest BCUT2D eigenvalue weighted by Crippen LogP contribution is 2.28. The van der Waals surface area contributed by atoms with Gasteiger partial charge in [0.1, 0.15) is 5.75 Å². The van der Waals surface area contributed by atoms with Crippen molar-refractivity contribution in [2.24, 2.45) is 0 Å². The summed E-state index contributed by atoms with van der Waals surface area (Å²) in [6.07, 6.45) is 3.74. The summed E-state index contributed by atoms with van der Waals surface area (Å²) in [4.78, 5) is 24.9. The molecule has 0 aromatic heterocycles. The average molecular weight is 319 g/mol. The average Bonchev–Trinajstić information content (AvgIpc) is 2.56. The summed E-state index contributed by atoms with van der Waals surface area (Å²) in [5.74, 6) is 0.128. The zero-order valence-electron chi connectivity index (χ0n) is 13.9. The third-order valence-corrected chi connectivity index (χ3v) is 4.47. The fourth-order valence-corrected chi connectivity index (χ4v) is 3.22. The SMILES string of the molecule is CCC(=O)N(CCCC(=O)O)C1CCc2ccc(OC)cc2C1. The van der Waals surface area contributed by atoms with Crippen LogP contribution in [0, 0.1) is 0 Å². The van der Waals surface area contributed by atoms with Crippen LogP contribution in [0.2, 0.25) is 0 Å². The lowest BCUT2D eigenvalue weighted by atomic mass is 9.87. The van der Waals surface area contributed by atoms with Crippen molar-refractivity contribution in [1.82, 2.24) is 4.90 Å². The number of amides is 1. The Kier molecular flexibility index (Phi) is 6.02. The predicted molar refractivity (Wildman–Crippen MR) is 87.7 cm³/mol. The Balaban J connectivity index is 2.09. The van der Waals surface area contributed by atoms with Gasteiger partial charge in [-0.15, -0.1) is 0 Å². The first-order valence-corrected chi connectivity index (χ1v) is 8.22. The summed E-state index contributed by atoms with van der Waals surface area (Å²) in [6.45, 7) is 2.37. The van der Waals surface area contributed by atoms with E-state index >= 15 is 0 Å². The Morgan fingerprint density at radius 2 is 2.13 bits per heavy atom. The van der Waals surface area contributed by atoms with E-state index < -0.39 is 5.97 Å². The molecule has 1 amide bonds. The van der Waals surface area contributed by atoms with Gasteiger partial charge in [-0.1, -0.05) is 13.0 Å². The largest absolute Gasteiger partial charge is 0.497 e. The second-order valence-electron chi connectivity index (χ2n) is 5.97. The number of carboxylic acid groups (broad SMARTS) is 1. The highest BCUT2D eigenvalue weighted by molar-refractivity contribution is 5.76. The third kappa shape index (κ3) is 4.47. The molecule has 0 saturated carbocycles. The molecule has 5 nitrogen and oxygen atoms in total. The number of aliphatic carboxylic acids is 1. The number of ether oxygens (including phenoxy) is 1. The van der Waals surface area contributed by atoms with Gasteiger partial charge in [0.2, 0.25) is 5.91 Å². The fraction of sp³-hybridized carbons (Fsp3) is 0.556. The Morgan fingerprint density at radius 3 is 2.78 bits per heavy atom. The molecule has 1 aromatic carbocycles. The molecule has 126 valence electrons. The number of nitrogens with zero attached hydrogens (tertiary/aromatic N) is 1. The van der Waals surface area contributed by atoms with Crippen molar-refractivity contribution in [3.63, 3.8) is 0 Å². The van der Waals surface area contributed by atoms with Crippen LogP contribution in [0.4, 0.5) is 0 Å². The zero-order valence-corrected chi connectivity index (χ0v) is 13.9. The quantitative estimate of drug-likeness (QED) is 0.839. The van der Waals surface area contributed by atoms with E-state index in [1.807, 2.05) is 24.0 Å². The van der Waals surface area contributed by atoms with Gasteiger partial charge in [0, 0.05) is 25.4 Å². The third-order valence-electron chi connectivity index (χ3n) is 4.47. The molecule has 0 aliphatic heterocycles. The second kappa shape index (κ2) is 7.99. The molecule has 0 fully saturated rings. The molecule has 1 N–H and O–H groups in total. The Labute approximate surface area is 137 Å². The van der Waals surface area contributed by atoms with Crippen LogP contribution in [0.3, 0.4) is 0 Å². The molecule has 0 radical (unpaired) electrons. The van der Waals surface area contributed by atoms with Crippen molar-refractivity contribution in [2.45, 2.75) is 51.5 Å². The van der Waals surface area contributed by atoms with Crippen LogP contribution in [-0.4, -0.2) is 41.6 Å². The summed E-state index contributed by atoms with van der Waals surface area (Å²) < 4.78 is 5.29. The van der Waals surface area contributed by atoms with Crippen molar-refractivity contribution in [1.29, 1.82) is 0 Å². The van der Waals surface area contributed by atoms with Crippen molar-refractivity contribution in [3.05, 3.63) is 29.3 Å². The summed E-state index contributed by atoms with van der Waals surface area (Å²) >= 11 is 0. The van der Waals surface area contributed by atoms with Crippen LogP contribution in [-0.2, 0) is 22.4 Å². The molecule has 5 heteroatoms. The first-order chi connectivity index (χ1) is 11.0. The van der Waals surface area contributed by atoms with E-state index in [-0.39, 0.29) is 18.4 Å². The number of rotatable bonds is 7. The number of hydrogen-bond acceptors (Lipinski definition) is 3. The Hall–Kier alpha value is -2.04. The lowest BCUT2D eigenvalue weighted by Gasteiger charge is -2.35. The first kappa shape index (κ1) is 17.3. The topological polar surface area (TPSA) is 66.8 Å². The molecule has 0 bridgehead atoms. The van der Waals surface area contributed by atoms with Gasteiger partial charge in [-0.2, -0.15) is 0 Å². The monoisotopic (exact) mass is 319 g/mol. The minimum Gasteiger partial charge on any atom is -0.497 e. The van der Waals surface area contributed by atoms with Crippen LogP contribution >= 0.6 is 0 Å². The maximum absolute atomic E-state index is 12.3. The molecular weight excluding hydrogens is 294 g/mol. The summed E-state index contributed by atoms with van der Waals surface area (Å²) in [6, 6.07) is 6.27. The molecule has 1 unspecified atom stereocenters. The van der Waals surface area contributed by atoms with Gasteiger partial charge < -0.3 is 14.7 Å². The standard InChI is InChI=1S/C18H25NO4/c1-3-17(20)19(10-4-5-18(21)22)15-8-6-13-7-9-16(23-2)12-14(13)11-15/h7,9,12,15H,3-6,8,10-11H2,1-2H3,(H,21,22). The van der Waals surface area contributed by atoms with Crippen LogP contribution in [0.15, 0.2) is 18.2 Å². The normalized spacial score (nSPS) is 16.5. The number of benzene rings is 1. The number of hydrogen-bond donors (Lipinski definition) is 1. The minimum absolute atomic E-state index is 0.102. The Bertz CT molecular complexity index is 570. The smallest absolute Gasteiger partial charge is 0.303 e. The molecular formula is C18H25NO4. The molecule has 2 rings (SSSR count). The van der Waals surface area contributed by atoms with Gasteiger partial charge in [0.15, 0.2) is 0 Å². The van der Waals surface area contributed by atoms with Crippen LogP contribution in [0.1, 0.15) is 43.7 Å². The molecule has 0 spiro atoms. The molecule has 1 aliphatic carbocycles. The number of fused-ring (bicyclic) bond motifs is 1. The van der Waals surface area contributed by atoms with Gasteiger partial charge in [-0.3, -0.25) is 9.59 Å². The van der Waals surface area contributed by atoms with Crippen molar-refractivity contribution in [2.75, 3.05) is 13.7 Å². The van der Waals surface area contributed by atoms with E-state index in [4.69, 9.17) is 9.84 Å². The van der Waals surface area contributed by atoms with Gasteiger partial charge in [0.05, 0.1) is 7.11 Å². The minimum atomic E-state index is -0.812. The molecule has 1 aliphatic rings. The second-order valence-corrected chi connectivity index (χ2v) is 5.97. The van der Waals surface area contributed by atoms with E-state index in [9.17, 15) is 9.59 Å². The van der Waals surface area contributed by atoms with Crippen LogP contribution in [0.25, 0.3) is 0 Å². The summed E-state index contributed by atoms with van der Waals surface area (Å²) in [5, 5.41) is 8.80. The van der Waals surface area contributed by atoms with E-state index in [1.165, 1.54) is 11.1 Å². The number of carbonyl (C=O) groups excluding carboxylic acids is 1. The van der Waals surface area contributed by atoms with Crippen molar-refractivity contribution >= 4 is 11.9 Å². The molecule has 1 aromatic rings. The number of methoxy groups -OCH3 is 1. The Morgan fingerprint density at radius 1 is 1.35 bits per heavy atom. The zero-order chi connectivity index (χ0) is 16.8. The van der Waals surface area contributed by atoms with Gasteiger partial charge >= 0.3 is 5.97 Å². The predicted octanol–water partition coefficient (Wildman–Crippen LogP) is 2.66. The van der Waals surface area contributed by atoms with Gasteiger partial charge in [0.25, 0.3) is 0 Å². The number of aryl methyl sites for hydroxylation is 1. The molecule has 23 heavy (non-hydrogen) atoms. The number of carboxylic acids is 1. The lowest BCUT2D eigenvalue weighted by molar-refractivity contribution is -0.138. The van der Waals surface area contributed by atoms with E-state index in [0.29, 0.717) is 19.4 Å². The summed E-state index contributed by atoms with van der Waals surface area (Å²) in [5.41, 5.74) is 2.55. The van der Waals surface area contributed by atoms with E-state index in [1.54, 1.807) is 7.11 Å². The summed E-state index contributed by atoms with van der Waals surface area (Å²) in [7, 11) is 1.65. The maximum atomic E-state index is 12.3. The fourth-order valence-electron chi connectivity index (χ4n) is 3.22. The van der Waals surface area contributed by atoms with Gasteiger partial charge in [-0.05, 0) is 48.9 Å². The first-order valence-electron chi connectivity index (χ1n) is 8.22. The maximum Gasteiger partial charge on any atom is 0.303 e. The van der Waals surface area contributed by atoms with Gasteiger partial charge in [-0.25, -0.2) is 0 Å². The van der Waals surface area contributed by atoms with Crippen LogP contribution < -0.4 is 4.74 Å². The lowest BCUT2D eigenvalue weighted by Crippen LogP contribution is -2.43. The van der Waals surface area contributed by atoms with E-state index in [0.717, 1.165) is 25.0 Å². The van der Waals surface area contributed by atoms with Crippen LogP contribution in [0.5, 0.6) is 5.75 Å². The van der Waals surface area contributed by atoms with Crippen molar-refractivity contribution < 1.29 is 19.4 Å². The molecule has 0 saturated heterocycles. The molecule has 1 atom stereocenters.